The van der Waals surface area contributed by atoms with Crippen molar-refractivity contribution in [2.75, 3.05) is 11.4 Å². The third-order valence-corrected chi connectivity index (χ3v) is 3.00. The molecule has 0 radical (unpaired) electrons. The first-order chi connectivity index (χ1) is 8.15. The van der Waals surface area contributed by atoms with Crippen molar-refractivity contribution in [1.82, 2.24) is 15.0 Å². The van der Waals surface area contributed by atoms with E-state index in [2.05, 4.69) is 20.9 Å². The molecule has 0 saturated carbocycles. The lowest BCUT2D eigenvalue weighted by atomic mass is 10.5. The summed E-state index contributed by atoms with van der Waals surface area (Å²) in [6.07, 6.45) is 5.59. The van der Waals surface area contributed by atoms with Crippen LogP contribution in [-0.2, 0) is 0 Å². The Bertz CT molecular complexity index is 616. The number of fused-ring (bicyclic) bond motifs is 1. The number of rotatable bonds is 2. The van der Waals surface area contributed by atoms with Gasteiger partial charge < -0.3 is 5.11 Å². The van der Waals surface area contributed by atoms with E-state index < -0.39 is 6.09 Å². The Kier molecular flexibility index (Phi) is 2.89. The van der Waals surface area contributed by atoms with Crippen LogP contribution >= 0.6 is 11.3 Å². The Balaban J connectivity index is 2.51. The summed E-state index contributed by atoms with van der Waals surface area (Å²) in [6, 6.07) is 0. The fourth-order valence-corrected chi connectivity index (χ4v) is 2.20. The van der Waals surface area contributed by atoms with Gasteiger partial charge in [0.15, 0.2) is 15.6 Å². The molecule has 7 heteroatoms. The van der Waals surface area contributed by atoms with E-state index >= 15 is 0 Å². The van der Waals surface area contributed by atoms with Crippen LogP contribution in [0.1, 0.15) is 12.6 Å². The maximum absolute atomic E-state index is 11.0. The van der Waals surface area contributed by atoms with Gasteiger partial charge in [-0.2, -0.15) is 4.98 Å². The highest BCUT2D eigenvalue weighted by molar-refractivity contribution is 7.21. The van der Waals surface area contributed by atoms with Gasteiger partial charge in [-0.3, -0.25) is 4.90 Å². The molecule has 0 aliphatic rings. The maximum Gasteiger partial charge on any atom is 0.413 e. The zero-order chi connectivity index (χ0) is 12.4. The molecule has 0 fully saturated rings. The van der Waals surface area contributed by atoms with Crippen LogP contribution in [0, 0.1) is 12.3 Å². The van der Waals surface area contributed by atoms with Crippen LogP contribution in [-0.4, -0.2) is 32.7 Å². The van der Waals surface area contributed by atoms with Crippen LogP contribution < -0.4 is 4.90 Å². The van der Waals surface area contributed by atoms with Crippen LogP contribution in [0.2, 0.25) is 0 Å². The zero-order valence-corrected chi connectivity index (χ0v) is 9.73. The first-order valence-electron chi connectivity index (χ1n) is 4.76. The molecule has 17 heavy (non-hydrogen) atoms. The summed E-state index contributed by atoms with van der Waals surface area (Å²) in [5, 5.41) is 9.32. The van der Waals surface area contributed by atoms with E-state index in [9.17, 15) is 4.79 Å². The Morgan fingerprint density at radius 1 is 1.65 bits per heavy atom. The number of nitrogens with zero attached hydrogens (tertiary/aromatic N) is 4. The highest BCUT2D eigenvalue weighted by Crippen LogP contribution is 2.26. The highest BCUT2D eigenvalue weighted by atomic mass is 32.1. The Hall–Kier alpha value is -2.20. The third-order valence-electron chi connectivity index (χ3n) is 2.04. The van der Waals surface area contributed by atoms with Crippen molar-refractivity contribution in [2.45, 2.75) is 6.92 Å². The molecule has 0 spiro atoms. The molecule has 0 aliphatic carbocycles. The number of terminal acetylenes is 1. The molecule has 0 saturated heterocycles. The molecular formula is C10H8N4O2S. The molecule has 2 aromatic rings. The summed E-state index contributed by atoms with van der Waals surface area (Å²) in [6.45, 7) is 2.05. The smallest absolute Gasteiger partial charge is 0.413 e. The summed E-state index contributed by atoms with van der Waals surface area (Å²) in [5.74, 6) is 2.37. The molecule has 0 atom stereocenters. The van der Waals surface area contributed by atoms with Gasteiger partial charge in [-0.05, 0) is 12.8 Å². The lowest BCUT2D eigenvalue weighted by Crippen LogP contribution is -2.28. The minimum atomic E-state index is -1.05. The van der Waals surface area contributed by atoms with E-state index in [1.165, 1.54) is 6.20 Å². The highest BCUT2D eigenvalue weighted by Gasteiger charge is 2.17. The quantitative estimate of drug-likeness (QED) is 0.816. The maximum atomic E-state index is 11.0. The lowest BCUT2D eigenvalue weighted by Gasteiger charge is -2.11. The third kappa shape index (κ3) is 2.03. The average molecular weight is 248 g/mol. The second kappa shape index (κ2) is 4.35. The van der Waals surface area contributed by atoms with E-state index in [0.717, 1.165) is 16.2 Å². The van der Waals surface area contributed by atoms with Crippen molar-refractivity contribution in [3.8, 4) is 12.3 Å². The van der Waals surface area contributed by atoms with Gasteiger partial charge in [0.1, 0.15) is 5.69 Å². The Labute approximate surface area is 101 Å². The lowest BCUT2D eigenvalue weighted by molar-refractivity contribution is 0.202. The van der Waals surface area contributed by atoms with Gasteiger partial charge in [0.2, 0.25) is 0 Å². The number of carboxylic acid groups (broad SMARTS) is 1. The second-order valence-corrected chi connectivity index (χ2v) is 4.01. The van der Waals surface area contributed by atoms with Crippen LogP contribution in [0.4, 0.5) is 9.93 Å². The van der Waals surface area contributed by atoms with Crippen LogP contribution in [0.3, 0.4) is 0 Å². The van der Waals surface area contributed by atoms with E-state index in [1.54, 1.807) is 6.92 Å². The number of thiazole rings is 1. The number of hydrogen-bond acceptors (Lipinski definition) is 5. The normalized spacial score (nSPS) is 10.1. The molecule has 0 aliphatic heterocycles. The molecule has 0 bridgehead atoms. The number of amides is 1. The Morgan fingerprint density at radius 2 is 2.41 bits per heavy atom. The summed E-state index contributed by atoms with van der Waals surface area (Å²) in [7, 11) is 0. The fourth-order valence-electron chi connectivity index (χ4n) is 1.25. The van der Waals surface area contributed by atoms with Crippen LogP contribution in [0.5, 0.6) is 0 Å². The van der Waals surface area contributed by atoms with E-state index in [4.69, 9.17) is 11.5 Å². The molecule has 1 amide bonds. The standard InChI is InChI=1S/C10H8N4O2S/c1-3-6-5-11-7-8(12-6)17-9(13-7)14(4-2)10(15)16/h1,5H,4H2,2H3,(H,15,16). The minimum absolute atomic E-state index is 0.317. The van der Waals surface area contributed by atoms with Crippen molar-refractivity contribution in [3.05, 3.63) is 11.9 Å². The van der Waals surface area contributed by atoms with E-state index in [0.29, 0.717) is 27.8 Å². The van der Waals surface area contributed by atoms with Crippen molar-refractivity contribution in [3.63, 3.8) is 0 Å². The van der Waals surface area contributed by atoms with E-state index in [-0.39, 0.29) is 0 Å². The van der Waals surface area contributed by atoms with E-state index in [1.807, 2.05) is 0 Å². The number of aromatic nitrogens is 3. The molecule has 0 aromatic carbocycles. The SMILES string of the molecule is C#Cc1cnc2nc(N(CC)C(=O)O)sc2n1. The average Bonchev–Trinajstić information content (AvgIpc) is 2.71. The first-order valence-corrected chi connectivity index (χ1v) is 5.58. The van der Waals surface area contributed by atoms with Crippen LogP contribution in [0.25, 0.3) is 10.5 Å². The van der Waals surface area contributed by atoms with Gasteiger partial charge in [-0.15, -0.1) is 6.42 Å². The van der Waals surface area contributed by atoms with Gasteiger partial charge in [-0.25, -0.2) is 14.8 Å². The predicted octanol–water partition coefficient (Wildman–Crippen LogP) is 1.57. The van der Waals surface area contributed by atoms with Crippen molar-refractivity contribution in [1.29, 1.82) is 0 Å². The summed E-state index contributed by atoms with van der Waals surface area (Å²) in [4.78, 5) is 24.9. The van der Waals surface area contributed by atoms with Crippen molar-refractivity contribution < 1.29 is 9.90 Å². The first kappa shape index (κ1) is 11.3. The molecule has 2 rings (SSSR count). The van der Waals surface area contributed by atoms with Crippen molar-refractivity contribution >= 4 is 33.0 Å². The molecule has 0 unspecified atom stereocenters. The number of anilines is 1. The summed E-state index contributed by atoms with van der Waals surface area (Å²) in [5.41, 5.74) is 0.815. The minimum Gasteiger partial charge on any atom is -0.465 e. The van der Waals surface area contributed by atoms with Gasteiger partial charge in [-0.1, -0.05) is 11.3 Å². The molecule has 86 valence electrons. The van der Waals surface area contributed by atoms with Crippen molar-refractivity contribution in [2.24, 2.45) is 0 Å². The fraction of sp³-hybridized carbons (Fsp3) is 0.200. The molecule has 2 aromatic heterocycles. The van der Waals surface area contributed by atoms with Gasteiger partial charge >= 0.3 is 6.09 Å². The van der Waals surface area contributed by atoms with Gasteiger partial charge in [0.25, 0.3) is 0 Å². The number of hydrogen-bond donors (Lipinski definition) is 1. The monoisotopic (exact) mass is 248 g/mol. The predicted molar refractivity (Wildman–Crippen MR) is 64.2 cm³/mol. The molecular weight excluding hydrogens is 240 g/mol. The van der Waals surface area contributed by atoms with Gasteiger partial charge in [0, 0.05) is 6.54 Å². The zero-order valence-electron chi connectivity index (χ0n) is 8.91. The number of carbonyl (C=O) groups is 1. The topological polar surface area (TPSA) is 79.2 Å². The second-order valence-electron chi connectivity index (χ2n) is 3.05. The Morgan fingerprint density at radius 3 is 3.00 bits per heavy atom. The van der Waals surface area contributed by atoms with Crippen LogP contribution in [0.15, 0.2) is 6.20 Å². The largest absolute Gasteiger partial charge is 0.465 e. The molecule has 6 nitrogen and oxygen atoms in total. The molecule has 1 N–H and O–H groups in total. The van der Waals surface area contributed by atoms with Gasteiger partial charge in [0.05, 0.1) is 6.20 Å². The summed E-state index contributed by atoms with van der Waals surface area (Å²) >= 11 is 1.15. The summed E-state index contributed by atoms with van der Waals surface area (Å²) < 4.78 is 0. The molecule has 2 heterocycles.